The Morgan fingerprint density at radius 2 is 1.29 bits per heavy atom. The van der Waals surface area contributed by atoms with Crippen LogP contribution >= 0.6 is 7.75 Å². The minimum absolute atomic E-state index is 0.0558. The van der Waals surface area contributed by atoms with Gasteiger partial charge in [-0.15, -0.1) is 0 Å². The van der Waals surface area contributed by atoms with Gasteiger partial charge in [0.25, 0.3) is 0 Å². The SMILES string of the molecule is CCCCCCCCOC(=O)[C@H](Cc1ccccc1)N[P@@](=O)(Oc1ccccc1)Oc1c(F)c(F)c(F)c(F)c1F. The average molecular weight is 600 g/mol. The van der Waals surface area contributed by atoms with Crippen molar-refractivity contribution in [2.45, 2.75) is 57.9 Å². The molecule has 0 aromatic heterocycles. The monoisotopic (exact) mass is 599 g/mol. The Morgan fingerprint density at radius 3 is 1.90 bits per heavy atom. The molecule has 0 heterocycles. The third-order valence-electron chi connectivity index (χ3n) is 5.97. The first-order valence-corrected chi connectivity index (χ1v) is 14.7. The molecule has 6 nitrogen and oxygen atoms in total. The smallest absolute Gasteiger partial charge is 0.465 e. The van der Waals surface area contributed by atoms with Crippen LogP contribution in [0.4, 0.5) is 22.0 Å². The standard InChI is InChI=1S/C29H31F5NO5P/c1-2-3-4-5-6-13-18-38-29(36)22(19-20-14-9-7-10-15-20)35-41(37,39-21-16-11-8-12-17-21)40-28-26(33)24(31)23(30)25(32)27(28)34/h7-12,14-17,22H,2-6,13,18-19H2,1H3,(H,35,37)/t22-,41+/m0/s1. The molecule has 0 saturated heterocycles. The summed E-state index contributed by atoms with van der Waals surface area (Å²) in [5.41, 5.74) is 0.587. The number of benzene rings is 3. The van der Waals surface area contributed by atoms with Crippen molar-refractivity contribution < 1.29 is 45.1 Å². The fourth-order valence-corrected chi connectivity index (χ4v) is 5.38. The maximum Gasteiger partial charge on any atom is 0.513 e. The van der Waals surface area contributed by atoms with Crippen LogP contribution in [0.3, 0.4) is 0 Å². The second-order valence-electron chi connectivity index (χ2n) is 9.20. The fraction of sp³-hybridized carbons (Fsp3) is 0.345. The molecule has 0 amide bonds. The number of nitrogens with one attached hydrogen (secondary N) is 1. The summed E-state index contributed by atoms with van der Waals surface area (Å²) in [5, 5.41) is 2.32. The molecule has 3 aromatic carbocycles. The lowest BCUT2D eigenvalue weighted by molar-refractivity contribution is -0.145. The molecule has 0 fully saturated rings. The maximum atomic E-state index is 14.5. The molecule has 0 unspecified atom stereocenters. The topological polar surface area (TPSA) is 73.9 Å². The molecule has 0 radical (unpaired) electrons. The number of unbranched alkanes of at least 4 members (excludes halogenated alkanes) is 5. The van der Waals surface area contributed by atoms with Gasteiger partial charge in [0.05, 0.1) is 6.61 Å². The highest BCUT2D eigenvalue weighted by Gasteiger charge is 2.39. The van der Waals surface area contributed by atoms with Gasteiger partial charge in [-0.2, -0.15) is 13.9 Å². The van der Waals surface area contributed by atoms with Gasteiger partial charge in [-0.05, 0) is 30.5 Å². The van der Waals surface area contributed by atoms with Crippen LogP contribution in [0.5, 0.6) is 11.5 Å². The summed E-state index contributed by atoms with van der Waals surface area (Å²) in [5.74, 6) is -14.6. The van der Waals surface area contributed by atoms with Gasteiger partial charge in [0.2, 0.25) is 34.8 Å². The normalized spacial score (nSPS) is 13.3. The van der Waals surface area contributed by atoms with Crippen molar-refractivity contribution in [2.24, 2.45) is 0 Å². The van der Waals surface area contributed by atoms with Gasteiger partial charge in [-0.25, -0.2) is 17.7 Å². The van der Waals surface area contributed by atoms with E-state index in [1.54, 1.807) is 36.4 Å². The van der Waals surface area contributed by atoms with Crippen LogP contribution in [0.1, 0.15) is 51.0 Å². The molecule has 3 rings (SSSR count). The predicted octanol–water partition coefficient (Wildman–Crippen LogP) is 8.05. The van der Waals surface area contributed by atoms with Gasteiger partial charge in [0.15, 0.2) is 0 Å². The molecule has 0 aliphatic rings. The molecule has 41 heavy (non-hydrogen) atoms. The molecule has 2 atom stereocenters. The second kappa shape index (κ2) is 15.5. The summed E-state index contributed by atoms with van der Waals surface area (Å²) in [4.78, 5) is 13.1. The van der Waals surface area contributed by atoms with Crippen molar-refractivity contribution in [1.82, 2.24) is 5.09 Å². The first-order valence-electron chi connectivity index (χ1n) is 13.2. The maximum absolute atomic E-state index is 14.5. The number of esters is 1. The van der Waals surface area contributed by atoms with Crippen LogP contribution in [-0.2, 0) is 20.5 Å². The van der Waals surface area contributed by atoms with E-state index in [2.05, 4.69) is 12.0 Å². The summed E-state index contributed by atoms with van der Waals surface area (Å²) in [7, 11) is -5.06. The zero-order chi connectivity index (χ0) is 29.8. The van der Waals surface area contributed by atoms with Crippen LogP contribution in [-0.4, -0.2) is 18.6 Å². The van der Waals surface area contributed by atoms with Crippen molar-refractivity contribution >= 4 is 13.7 Å². The zero-order valence-electron chi connectivity index (χ0n) is 22.4. The Morgan fingerprint density at radius 1 is 0.756 bits per heavy atom. The van der Waals surface area contributed by atoms with E-state index >= 15 is 0 Å². The van der Waals surface area contributed by atoms with Crippen LogP contribution in [0.2, 0.25) is 0 Å². The minimum atomic E-state index is -5.06. The highest BCUT2D eigenvalue weighted by molar-refractivity contribution is 7.52. The Bertz CT molecular complexity index is 1300. The molecule has 3 aromatic rings. The number of para-hydroxylation sites is 1. The van der Waals surface area contributed by atoms with Gasteiger partial charge in [-0.3, -0.25) is 4.79 Å². The van der Waals surface area contributed by atoms with Crippen LogP contribution in [0.25, 0.3) is 0 Å². The number of ether oxygens (including phenoxy) is 1. The molecule has 0 saturated carbocycles. The van der Waals surface area contributed by atoms with E-state index in [-0.39, 0.29) is 18.8 Å². The van der Waals surface area contributed by atoms with E-state index in [0.29, 0.717) is 12.0 Å². The molecule has 1 N–H and O–H groups in total. The summed E-state index contributed by atoms with van der Waals surface area (Å²) in [6, 6.07) is 14.2. The Kier molecular flexibility index (Phi) is 12.2. The quantitative estimate of drug-likeness (QED) is 0.0449. The molecular formula is C29H31F5NO5P. The number of halogens is 5. The Balaban J connectivity index is 1.90. The number of hydrogen-bond donors (Lipinski definition) is 1. The summed E-state index contributed by atoms with van der Waals surface area (Å²) in [6.07, 6.45) is 5.47. The predicted molar refractivity (Wildman–Crippen MR) is 143 cm³/mol. The number of carbonyl (C=O) groups is 1. The minimum Gasteiger partial charge on any atom is -0.465 e. The Labute approximate surface area is 235 Å². The average Bonchev–Trinajstić information content (AvgIpc) is 2.97. The van der Waals surface area contributed by atoms with E-state index in [0.717, 1.165) is 32.1 Å². The molecule has 0 bridgehead atoms. The van der Waals surface area contributed by atoms with E-state index in [4.69, 9.17) is 13.8 Å². The third-order valence-corrected chi connectivity index (χ3v) is 7.48. The highest BCUT2D eigenvalue weighted by Crippen LogP contribution is 2.47. The van der Waals surface area contributed by atoms with Crippen molar-refractivity contribution in [3.8, 4) is 11.5 Å². The number of rotatable bonds is 16. The van der Waals surface area contributed by atoms with Gasteiger partial charge in [0.1, 0.15) is 11.8 Å². The van der Waals surface area contributed by atoms with Gasteiger partial charge in [-0.1, -0.05) is 87.6 Å². The Hall–Kier alpha value is -3.43. The van der Waals surface area contributed by atoms with E-state index in [1.165, 1.54) is 24.3 Å². The zero-order valence-corrected chi connectivity index (χ0v) is 23.3. The molecule has 0 aliphatic carbocycles. The van der Waals surface area contributed by atoms with E-state index < -0.39 is 54.6 Å². The van der Waals surface area contributed by atoms with Crippen LogP contribution in [0.15, 0.2) is 60.7 Å². The van der Waals surface area contributed by atoms with Crippen molar-refractivity contribution in [1.29, 1.82) is 0 Å². The fourth-order valence-electron chi connectivity index (χ4n) is 3.85. The molecule has 12 heteroatoms. The van der Waals surface area contributed by atoms with Gasteiger partial charge in [0, 0.05) is 0 Å². The van der Waals surface area contributed by atoms with Crippen molar-refractivity contribution in [3.05, 3.63) is 95.3 Å². The lowest BCUT2D eigenvalue weighted by Gasteiger charge is -2.25. The summed E-state index contributed by atoms with van der Waals surface area (Å²) in [6.45, 7) is 2.15. The molecule has 222 valence electrons. The molecule has 0 spiro atoms. The lowest BCUT2D eigenvalue weighted by Crippen LogP contribution is -2.40. The first-order chi connectivity index (χ1) is 19.6. The van der Waals surface area contributed by atoms with Crippen molar-refractivity contribution in [3.63, 3.8) is 0 Å². The summed E-state index contributed by atoms with van der Waals surface area (Å²) < 4.78 is 99.9. The highest BCUT2D eigenvalue weighted by atomic mass is 31.2. The largest absolute Gasteiger partial charge is 0.513 e. The van der Waals surface area contributed by atoms with Crippen LogP contribution < -0.4 is 14.1 Å². The van der Waals surface area contributed by atoms with Crippen molar-refractivity contribution in [2.75, 3.05) is 6.61 Å². The first kappa shape index (κ1) is 32.1. The van der Waals surface area contributed by atoms with Gasteiger partial charge < -0.3 is 13.8 Å². The lowest BCUT2D eigenvalue weighted by atomic mass is 10.1. The summed E-state index contributed by atoms with van der Waals surface area (Å²) >= 11 is 0. The number of carbonyl (C=O) groups excluding carboxylic acids is 1. The second-order valence-corrected chi connectivity index (χ2v) is 10.8. The van der Waals surface area contributed by atoms with Gasteiger partial charge >= 0.3 is 13.7 Å². The van der Waals surface area contributed by atoms with E-state index in [1.807, 2.05) is 0 Å². The van der Waals surface area contributed by atoms with E-state index in [9.17, 15) is 31.3 Å². The third kappa shape index (κ3) is 9.30. The molecular weight excluding hydrogens is 568 g/mol. The van der Waals surface area contributed by atoms with Crippen LogP contribution in [0, 0.1) is 29.1 Å². The number of hydrogen-bond acceptors (Lipinski definition) is 5. The molecule has 0 aliphatic heterocycles.